The number of nitrogens with zero attached hydrogens (tertiary/aromatic N) is 1. The van der Waals surface area contributed by atoms with E-state index in [1.165, 1.54) is 4.90 Å². The number of nitrogen functional groups attached to an aromatic ring is 1. The van der Waals surface area contributed by atoms with Crippen LogP contribution in [0.3, 0.4) is 0 Å². The summed E-state index contributed by atoms with van der Waals surface area (Å²) >= 11 is 12.2. The van der Waals surface area contributed by atoms with Crippen LogP contribution in [0.5, 0.6) is 0 Å². The van der Waals surface area contributed by atoms with Gasteiger partial charge in [-0.05, 0) is 69.2 Å². The number of nitrogens with two attached hydrogens (primary N) is 1. The third-order valence-electron chi connectivity index (χ3n) is 4.52. The van der Waals surface area contributed by atoms with Crippen LogP contribution in [0.4, 0.5) is 16.2 Å². The van der Waals surface area contributed by atoms with E-state index in [1.807, 2.05) is 20.8 Å². The lowest BCUT2D eigenvalue weighted by atomic mass is 9.93. The fraction of sp³-hybridized carbons (Fsp3) is 0.333. The van der Waals surface area contributed by atoms with E-state index in [1.54, 1.807) is 42.5 Å². The van der Waals surface area contributed by atoms with E-state index in [2.05, 4.69) is 5.32 Å². The second-order valence-electron chi connectivity index (χ2n) is 7.73. The third-order valence-corrected chi connectivity index (χ3v) is 5.26. The molecule has 2 amide bonds. The number of hydrogen-bond acceptors (Lipinski definition) is 3. The Labute approximate surface area is 180 Å². The van der Waals surface area contributed by atoms with Crippen molar-refractivity contribution in [3.8, 4) is 0 Å². The second-order valence-corrected chi connectivity index (χ2v) is 8.55. The quantitative estimate of drug-likeness (QED) is 0.522. The number of amides is 2. The Hall–Kier alpha value is -2.44. The van der Waals surface area contributed by atoms with Crippen LogP contribution in [0.1, 0.15) is 38.7 Å². The van der Waals surface area contributed by atoms with Crippen molar-refractivity contribution < 1.29 is 14.7 Å². The number of carbonyl (C=O) groups excluding carboxylic acids is 1. The highest BCUT2D eigenvalue weighted by Gasteiger charge is 2.29. The Balaban J connectivity index is 2.29. The molecule has 2 aromatic rings. The summed E-state index contributed by atoms with van der Waals surface area (Å²) < 4.78 is 0. The van der Waals surface area contributed by atoms with E-state index < -0.39 is 17.6 Å². The molecule has 1 unspecified atom stereocenters. The SMILES string of the molecule is CC(C)(C)N(CCC(C(=O)Nc1ccc(N)cc1)c1ccc(Cl)c(Cl)c1)C(=O)O. The van der Waals surface area contributed by atoms with Crippen molar-refractivity contribution in [2.24, 2.45) is 0 Å². The van der Waals surface area contributed by atoms with E-state index in [-0.39, 0.29) is 18.9 Å². The van der Waals surface area contributed by atoms with Crippen LogP contribution < -0.4 is 11.1 Å². The zero-order chi connectivity index (χ0) is 21.8. The van der Waals surface area contributed by atoms with E-state index in [9.17, 15) is 14.7 Å². The van der Waals surface area contributed by atoms with Gasteiger partial charge >= 0.3 is 6.09 Å². The van der Waals surface area contributed by atoms with Gasteiger partial charge in [-0.25, -0.2) is 4.79 Å². The highest BCUT2D eigenvalue weighted by atomic mass is 35.5. The highest BCUT2D eigenvalue weighted by Crippen LogP contribution is 2.30. The predicted octanol–water partition coefficient (Wildman–Crippen LogP) is 5.47. The molecule has 29 heavy (non-hydrogen) atoms. The Morgan fingerprint density at radius 1 is 1.10 bits per heavy atom. The molecule has 0 aliphatic carbocycles. The smallest absolute Gasteiger partial charge is 0.407 e. The molecule has 0 fully saturated rings. The maximum atomic E-state index is 13.0. The van der Waals surface area contributed by atoms with Crippen LogP contribution in [0.15, 0.2) is 42.5 Å². The Morgan fingerprint density at radius 3 is 2.24 bits per heavy atom. The number of hydrogen-bond donors (Lipinski definition) is 3. The molecule has 0 saturated carbocycles. The van der Waals surface area contributed by atoms with Crippen LogP contribution in [0.2, 0.25) is 10.0 Å². The van der Waals surface area contributed by atoms with Gasteiger partial charge in [0.05, 0.1) is 16.0 Å². The molecule has 0 saturated heterocycles. The van der Waals surface area contributed by atoms with Gasteiger partial charge in [0.2, 0.25) is 5.91 Å². The fourth-order valence-electron chi connectivity index (χ4n) is 2.95. The molecule has 0 aromatic heterocycles. The van der Waals surface area contributed by atoms with Gasteiger partial charge in [-0.1, -0.05) is 29.3 Å². The molecule has 0 aliphatic heterocycles. The van der Waals surface area contributed by atoms with E-state index >= 15 is 0 Å². The van der Waals surface area contributed by atoms with Gasteiger partial charge in [-0.2, -0.15) is 0 Å². The first-order valence-corrected chi connectivity index (χ1v) is 9.86. The van der Waals surface area contributed by atoms with Crippen LogP contribution in [-0.4, -0.2) is 34.1 Å². The molecule has 6 nitrogen and oxygen atoms in total. The first-order chi connectivity index (χ1) is 13.5. The minimum absolute atomic E-state index is 0.179. The first kappa shape index (κ1) is 22.8. The minimum atomic E-state index is -1.04. The number of nitrogens with one attached hydrogen (secondary N) is 1. The number of halogens is 2. The van der Waals surface area contributed by atoms with Crippen molar-refractivity contribution in [1.29, 1.82) is 0 Å². The Bertz CT molecular complexity index is 880. The Kier molecular flexibility index (Phi) is 7.38. The molecule has 8 heteroatoms. The minimum Gasteiger partial charge on any atom is -0.465 e. The summed E-state index contributed by atoms with van der Waals surface area (Å²) in [6, 6.07) is 11.8. The largest absolute Gasteiger partial charge is 0.465 e. The normalized spacial score (nSPS) is 12.3. The van der Waals surface area contributed by atoms with Crippen LogP contribution >= 0.6 is 23.2 Å². The van der Waals surface area contributed by atoms with Gasteiger partial charge < -0.3 is 21.1 Å². The van der Waals surface area contributed by atoms with Crippen molar-refractivity contribution >= 4 is 46.6 Å². The molecular formula is C21H25Cl2N3O3. The lowest BCUT2D eigenvalue weighted by Gasteiger charge is -2.34. The number of rotatable bonds is 6. The zero-order valence-electron chi connectivity index (χ0n) is 16.6. The lowest BCUT2D eigenvalue weighted by molar-refractivity contribution is -0.117. The maximum absolute atomic E-state index is 13.0. The third kappa shape index (κ3) is 6.27. The molecule has 0 heterocycles. The molecule has 0 bridgehead atoms. The van der Waals surface area contributed by atoms with Crippen molar-refractivity contribution in [3.63, 3.8) is 0 Å². The van der Waals surface area contributed by atoms with E-state index in [4.69, 9.17) is 28.9 Å². The molecule has 1 atom stereocenters. The summed E-state index contributed by atoms with van der Waals surface area (Å²) in [5.74, 6) is -0.890. The molecule has 4 N–H and O–H groups in total. The van der Waals surface area contributed by atoms with Crippen LogP contribution in [0.25, 0.3) is 0 Å². The fourth-order valence-corrected chi connectivity index (χ4v) is 3.26. The molecule has 0 radical (unpaired) electrons. The summed E-state index contributed by atoms with van der Waals surface area (Å²) in [5, 5.41) is 13.1. The first-order valence-electron chi connectivity index (χ1n) is 9.11. The van der Waals surface area contributed by atoms with Gasteiger partial charge in [0.1, 0.15) is 0 Å². The zero-order valence-corrected chi connectivity index (χ0v) is 18.1. The molecule has 2 aromatic carbocycles. The number of benzene rings is 2. The molecule has 156 valence electrons. The van der Waals surface area contributed by atoms with Crippen molar-refractivity contribution in [2.75, 3.05) is 17.6 Å². The van der Waals surface area contributed by atoms with Crippen molar-refractivity contribution in [2.45, 2.75) is 38.6 Å². The topological polar surface area (TPSA) is 95.7 Å². The summed E-state index contributed by atoms with van der Waals surface area (Å²) in [4.78, 5) is 26.0. The van der Waals surface area contributed by atoms with Gasteiger partial charge in [-0.15, -0.1) is 0 Å². The van der Waals surface area contributed by atoms with Crippen LogP contribution in [0, 0.1) is 0 Å². The van der Waals surface area contributed by atoms with Gasteiger partial charge in [0.15, 0.2) is 0 Å². The Morgan fingerprint density at radius 2 is 1.72 bits per heavy atom. The standard InChI is InChI=1S/C21H25Cl2N3O3/c1-21(2,3)26(20(28)29)11-10-16(13-4-9-17(22)18(23)12-13)19(27)25-15-7-5-14(24)6-8-15/h4-9,12,16H,10-11,24H2,1-3H3,(H,25,27)(H,28,29). The number of carbonyl (C=O) groups is 2. The van der Waals surface area contributed by atoms with Gasteiger partial charge in [0.25, 0.3) is 0 Å². The van der Waals surface area contributed by atoms with Gasteiger partial charge in [-0.3, -0.25) is 4.79 Å². The number of anilines is 2. The molecule has 0 aliphatic rings. The predicted molar refractivity (Wildman–Crippen MR) is 118 cm³/mol. The van der Waals surface area contributed by atoms with Crippen molar-refractivity contribution in [3.05, 3.63) is 58.1 Å². The highest BCUT2D eigenvalue weighted by molar-refractivity contribution is 6.42. The lowest BCUT2D eigenvalue weighted by Crippen LogP contribution is -2.46. The van der Waals surface area contributed by atoms with Crippen molar-refractivity contribution in [1.82, 2.24) is 4.90 Å². The molecule has 0 spiro atoms. The van der Waals surface area contributed by atoms with Crippen LogP contribution in [-0.2, 0) is 4.79 Å². The van der Waals surface area contributed by atoms with E-state index in [0.29, 0.717) is 27.0 Å². The van der Waals surface area contributed by atoms with Gasteiger partial charge in [0, 0.05) is 23.5 Å². The summed E-state index contributed by atoms with van der Waals surface area (Å²) in [6.45, 7) is 5.61. The molecule has 2 rings (SSSR count). The maximum Gasteiger partial charge on any atom is 0.407 e. The number of carboxylic acid groups (broad SMARTS) is 1. The average Bonchev–Trinajstić information content (AvgIpc) is 2.61. The summed E-state index contributed by atoms with van der Waals surface area (Å²) in [7, 11) is 0. The average molecular weight is 438 g/mol. The monoisotopic (exact) mass is 437 g/mol. The van der Waals surface area contributed by atoms with E-state index in [0.717, 1.165) is 0 Å². The second kappa shape index (κ2) is 9.37. The summed E-state index contributed by atoms with van der Waals surface area (Å²) in [6.07, 6.45) is -0.758. The molecular weight excluding hydrogens is 413 g/mol. The summed E-state index contributed by atoms with van der Waals surface area (Å²) in [5.41, 5.74) is 6.94.